The molecule has 0 saturated heterocycles. The number of aliphatic hydroxyl groups excluding tert-OH is 1. The lowest BCUT2D eigenvalue weighted by atomic mass is 10.2. The lowest BCUT2D eigenvalue weighted by Crippen LogP contribution is -2.14. The Morgan fingerprint density at radius 2 is 2.03 bits per heavy atom. The average Bonchev–Trinajstić information content (AvgIpc) is 3.55. The minimum absolute atomic E-state index is 0.0364. The number of rotatable bonds is 9. The summed E-state index contributed by atoms with van der Waals surface area (Å²) in [6, 6.07) is 7.64. The average molecular weight is 504 g/mol. The molecule has 1 unspecified atom stereocenters. The van der Waals surface area contributed by atoms with E-state index in [0.29, 0.717) is 36.1 Å². The Balaban J connectivity index is 1.55. The first-order valence-electron chi connectivity index (χ1n) is 11.9. The Morgan fingerprint density at radius 3 is 2.76 bits per heavy atom. The Bertz CT molecular complexity index is 1610. The molecule has 5 rings (SSSR count). The molecule has 0 fully saturated rings. The van der Waals surface area contributed by atoms with Gasteiger partial charge in [-0.3, -0.25) is 14.2 Å². The van der Waals surface area contributed by atoms with Crippen molar-refractivity contribution in [3.8, 4) is 22.8 Å². The van der Waals surface area contributed by atoms with Crippen LogP contribution in [0.5, 0.6) is 0 Å². The molecule has 0 bridgehead atoms. The quantitative estimate of drug-likeness (QED) is 0.279. The molecule has 0 aromatic carbocycles. The first-order chi connectivity index (χ1) is 17.9. The van der Waals surface area contributed by atoms with Gasteiger partial charge in [0.1, 0.15) is 22.9 Å². The van der Waals surface area contributed by atoms with E-state index in [9.17, 15) is 9.90 Å². The summed E-state index contributed by atoms with van der Waals surface area (Å²) in [5.74, 6) is 1.38. The number of nitrogens with zero attached hydrogens (tertiary/aromatic N) is 7. The zero-order valence-corrected chi connectivity index (χ0v) is 21.1. The van der Waals surface area contributed by atoms with Crippen molar-refractivity contribution < 1.29 is 9.84 Å². The van der Waals surface area contributed by atoms with Crippen molar-refractivity contribution in [1.29, 1.82) is 0 Å². The van der Waals surface area contributed by atoms with E-state index in [1.165, 1.54) is 4.68 Å². The molecule has 0 aliphatic rings. The van der Waals surface area contributed by atoms with E-state index in [-0.39, 0.29) is 18.2 Å². The van der Waals surface area contributed by atoms with Crippen molar-refractivity contribution in [2.75, 3.05) is 19.0 Å². The molecule has 5 aromatic heterocycles. The second-order valence-electron chi connectivity index (χ2n) is 8.88. The summed E-state index contributed by atoms with van der Waals surface area (Å²) in [6.07, 6.45) is 5.52. The van der Waals surface area contributed by atoms with E-state index in [1.807, 2.05) is 36.9 Å². The number of methoxy groups -OCH3 is 1. The molecule has 0 radical (unpaired) electrons. The van der Waals surface area contributed by atoms with Crippen LogP contribution in [-0.4, -0.2) is 57.9 Å². The van der Waals surface area contributed by atoms with Crippen molar-refractivity contribution in [2.45, 2.75) is 26.0 Å². The van der Waals surface area contributed by atoms with Crippen LogP contribution in [0, 0.1) is 0 Å². The smallest absolute Gasteiger partial charge is 0.277 e. The van der Waals surface area contributed by atoms with Crippen molar-refractivity contribution in [3.63, 3.8) is 0 Å². The maximum atomic E-state index is 12.3. The Kier molecular flexibility index (Phi) is 6.59. The van der Waals surface area contributed by atoms with Gasteiger partial charge in [-0.05, 0) is 31.5 Å². The third kappa shape index (κ3) is 4.52. The zero-order chi connectivity index (χ0) is 26.1. The fraction of sp³-hybridized carbons (Fsp3) is 0.320. The van der Waals surface area contributed by atoms with Crippen LogP contribution in [-0.2, 0) is 25.4 Å². The van der Waals surface area contributed by atoms with Gasteiger partial charge in [-0.15, -0.1) is 0 Å². The summed E-state index contributed by atoms with van der Waals surface area (Å²) in [7, 11) is 5.29. The highest BCUT2D eigenvalue weighted by molar-refractivity contribution is 5.93. The molecule has 12 heteroatoms. The molecule has 37 heavy (non-hydrogen) atoms. The molecular formula is C25H29N9O3. The van der Waals surface area contributed by atoms with Gasteiger partial charge in [-0.25, -0.2) is 15.0 Å². The predicted octanol–water partition coefficient (Wildman–Crippen LogP) is 2.75. The van der Waals surface area contributed by atoms with Crippen LogP contribution in [0.15, 0.2) is 47.7 Å². The highest BCUT2D eigenvalue weighted by atomic mass is 16.5. The topological polar surface area (TPSA) is 141 Å². The number of aliphatic hydroxyl groups is 1. The number of fused-ring (bicyclic) bond motifs is 1. The van der Waals surface area contributed by atoms with Crippen molar-refractivity contribution >= 4 is 22.5 Å². The van der Waals surface area contributed by atoms with Crippen LogP contribution in [0.1, 0.15) is 25.1 Å². The molecule has 0 aliphatic heterocycles. The van der Waals surface area contributed by atoms with Crippen LogP contribution in [0.2, 0.25) is 0 Å². The number of pyridine rings is 1. The van der Waals surface area contributed by atoms with Gasteiger partial charge < -0.3 is 24.8 Å². The van der Waals surface area contributed by atoms with E-state index in [2.05, 4.69) is 29.9 Å². The fourth-order valence-corrected chi connectivity index (χ4v) is 4.33. The number of aromatic nitrogens is 8. The van der Waals surface area contributed by atoms with Gasteiger partial charge in [-0.1, -0.05) is 0 Å². The van der Waals surface area contributed by atoms with Gasteiger partial charge in [0.25, 0.3) is 5.56 Å². The Morgan fingerprint density at radius 1 is 1.19 bits per heavy atom. The maximum Gasteiger partial charge on any atom is 0.277 e. The first kappa shape index (κ1) is 24.4. The fourth-order valence-electron chi connectivity index (χ4n) is 4.33. The molecule has 12 nitrogen and oxygen atoms in total. The standard InChI is InChI=1S/C25H29N9O3/c1-15(8-10-35)34-20-11-22(29-21-7-9-26-24(30-21)18-13-28-33(3)25(18)36)27-12-17(20)23(31-34)19-6-5-16(14-37-4)32(19)2/h5-7,9,11-13,15,28,35H,8,10,14H2,1-4H3,(H,26,27,29,30). The normalized spacial score (nSPS) is 12.4. The van der Waals surface area contributed by atoms with Crippen LogP contribution in [0.4, 0.5) is 11.6 Å². The Labute approximate surface area is 212 Å². The monoisotopic (exact) mass is 503 g/mol. The number of hydrogen-bond donors (Lipinski definition) is 3. The summed E-state index contributed by atoms with van der Waals surface area (Å²) in [6.45, 7) is 2.58. The van der Waals surface area contributed by atoms with Crippen molar-refractivity contribution in [1.82, 2.24) is 39.1 Å². The molecule has 5 aromatic rings. The van der Waals surface area contributed by atoms with Crippen LogP contribution >= 0.6 is 0 Å². The molecular weight excluding hydrogens is 474 g/mol. The maximum absolute atomic E-state index is 12.3. The summed E-state index contributed by atoms with van der Waals surface area (Å²) in [5, 5.41) is 21.4. The van der Waals surface area contributed by atoms with Crippen molar-refractivity contribution in [2.24, 2.45) is 14.1 Å². The molecule has 0 saturated carbocycles. The third-order valence-electron chi connectivity index (χ3n) is 6.41. The number of H-pyrrole nitrogens is 1. The number of anilines is 2. The minimum Gasteiger partial charge on any atom is -0.396 e. The van der Waals surface area contributed by atoms with Gasteiger partial charge >= 0.3 is 0 Å². The van der Waals surface area contributed by atoms with E-state index in [1.54, 1.807) is 38.8 Å². The largest absolute Gasteiger partial charge is 0.396 e. The molecule has 0 spiro atoms. The molecule has 5 heterocycles. The third-order valence-corrected chi connectivity index (χ3v) is 6.41. The minimum atomic E-state index is -0.208. The van der Waals surface area contributed by atoms with Crippen LogP contribution < -0.4 is 10.9 Å². The first-order valence-corrected chi connectivity index (χ1v) is 11.9. The number of ether oxygens (including phenoxy) is 1. The van der Waals surface area contributed by atoms with Crippen LogP contribution in [0.25, 0.3) is 33.7 Å². The molecule has 192 valence electrons. The highest BCUT2D eigenvalue weighted by Gasteiger charge is 2.20. The van der Waals surface area contributed by atoms with Gasteiger partial charge in [0.05, 0.1) is 23.9 Å². The van der Waals surface area contributed by atoms with Gasteiger partial charge in [0, 0.05) is 63.5 Å². The zero-order valence-electron chi connectivity index (χ0n) is 21.1. The Hall–Kier alpha value is -4.29. The number of hydrogen-bond acceptors (Lipinski definition) is 8. The second kappa shape index (κ2) is 9.99. The highest BCUT2D eigenvalue weighted by Crippen LogP contribution is 2.32. The summed E-state index contributed by atoms with van der Waals surface area (Å²) >= 11 is 0. The lowest BCUT2D eigenvalue weighted by Gasteiger charge is -2.12. The second-order valence-corrected chi connectivity index (χ2v) is 8.88. The van der Waals surface area contributed by atoms with E-state index in [0.717, 1.165) is 28.0 Å². The van der Waals surface area contributed by atoms with Gasteiger partial charge in [0.2, 0.25) is 0 Å². The van der Waals surface area contributed by atoms with Crippen LogP contribution in [0.3, 0.4) is 0 Å². The van der Waals surface area contributed by atoms with E-state index >= 15 is 0 Å². The summed E-state index contributed by atoms with van der Waals surface area (Å²) < 4.78 is 10.7. The van der Waals surface area contributed by atoms with Gasteiger partial charge in [-0.2, -0.15) is 5.10 Å². The number of aryl methyl sites for hydroxylation is 1. The van der Waals surface area contributed by atoms with E-state index < -0.39 is 0 Å². The van der Waals surface area contributed by atoms with E-state index in [4.69, 9.17) is 9.84 Å². The molecule has 3 N–H and O–H groups in total. The summed E-state index contributed by atoms with van der Waals surface area (Å²) in [5.41, 5.74) is 3.83. The molecule has 0 aliphatic carbocycles. The SMILES string of the molecule is COCc1ccc(-c2nn(C(C)CCO)c3cc(Nc4ccnc(-c5c[nH]n(C)c5=O)n4)ncc23)n1C. The number of aromatic amines is 1. The number of nitrogens with one attached hydrogen (secondary N) is 2. The predicted molar refractivity (Wildman–Crippen MR) is 139 cm³/mol. The lowest BCUT2D eigenvalue weighted by molar-refractivity contribution is 0.179. The van der Waals surface area contributed by atoms with Gasteiger partial charge in [0.15, 0.2) is 5.82 Å². The summed E-state index contributed by atoms with van der Waals surface area (Å²) in [4.78, 5) is 25.7. The van der Waals surface area contributed by atoms with Crippen molar-refractivity contribution in [3.05, 3.63) is 58.9 Å². The molecule has 1 atom stereocenters. The molecule has 0 amide bonds.